The predicted molar refractivity (Wildman–Crippen MR) is 65.2 cm³/mol. The zero-order valence-electron chi connectivity index (χ0n) is 10.0. The third-order valence-electron chi connectivity index (χ3n) is 4.04. The molecule has 1 saturated carbocycles. The molecule has 0 bridgehead atoms. The molecule has 2 aliphatic rings. The van der Waals surface area contributed by atoms with Crippen molar-refractivity contribution >= 4 is 15.7 Å². The molecular weight excluding hydrogens is 240 g/mol. The van der Waals surface area contributed by atoms with Crippen LogP contribution in [0.4, 0.5) is 0 Å². The first-order chi connectivity index (χ1) is 7.99. The normalized spacial score (nSPS) is 27.0. The van der Waals surface area contributed by atoms with E-state index in [4.69, 9.17) is 5.73 Å². The van der Waals surface area contributed by atoms with Gasteiger partial charge in [0.25, 0.3) is 0 Å². The van der Waals surface area contributed by atoms with Gasteiger partial charge >= 0.3 is 0 Å². The van der Waals surface area contributed by atoms with Crippen molar-refractivity contribution in [1.29, 1.82) is 0 Å². The third-order valence-corrected chi connectivity index (χ3v) is 5.65. The fraction of sp³-hybridized carbons (Fsp3) is 0.909. The molecular formula is C11H20N2O3S. The van der Waals surface area contributed by atoms with E-state index in [1.165, 1.54) is 0 Å². The van der Waals surface area contributed by atoms with Crippen LogP contribution in [0.5, 0.6) is 0 Å². The average molecular weight is 260 g/mol. The second kappa shape index (κ2) is 4.57. The van der Waals surface area contributed by atoms with Crippen molar-refractivity contribution in [3.05, 3.63) is 0 Å². The molecule has 0 aromatic rings. The zero-order valence-corrected chi connectivity index (χ0v) is 10.8. The van der Waals surface area contributed by atoms with E-state index in [9.17, 15) is 13.2 Å². The Bertz CT molecular complexity index is 385. The Labute approximate surface area is 102 Å². The number of carbonyl (C=O) groups is 1. The lowest BCUT2D eigenvalue weighted by Gasteiger charge is -2.35. The van der Waals surface area contributed by atoms with Crippen molar-refractivity contribution in [3.63, 3.8) is 0 Å². The second-order valence-corrected chi connectivity index (χ2v) is 7.44. The van der Waals surface area contributed by atoms with Crippen LogP contribution in [-0.2, 0) is 14.6 Å². The highest BCUT2D eigenvalue weighted by Crippen LogP contribution is 2.39. The van der Waals surface area contributed by atoms with Gasteiger partial charge in [-0.3, -0.25) is 4.79 Å². The van der Waals surface area contributed by atoms with Gasteiger partial charge < -0.3 is 10.6 Å². The Morgan fingerprint density at radius 3 is 2.18 bits per heavy atom. The molecule has 17 heavy (non-hydrogen) atoms. The van der Waals surface area contributed by atoms with Crippen molar-refractivity contribution in [3.8, 4) is 0 Å². The number of carbonyl (C=O) groups excluding carboxylic acids is 1. The summed E-state index contributed by atoms with van der Waals surface area (Å²) >= 11 is 0. The van der Waals surface area contributed by atoms with Crippen LogP contribution in [0.15, 0.2) is 0 Å². The summed E-state index contributed by atoms with van der Waals surface area (Å²) in [6, 6.07) is 0. The topological polar surface area (TPSA) is 80.5 Å². The van der Waals surface area contributed by atoms with Crippen molar-refractivity contribution in [1.82, 2.24) is 4.90 Å². The number of hydrogen-bond donors (Lipinski definition) is 1. The molecule has 1 aliphatic heterocycles. The molecule has 1 saturated heterocycles. The molecule has 0 aromatic carbocycles. The second-order valence-electron chi connectivity index (χ2n) is 5.14. The van der Waals surface area contributed by atoms with Crippen LogP contribution in [0, 0.1) is 5.41 Å². The maximum Gasteiger partial charge on any atom is 0.230 e. The summed E-state index contributed by atoms with van der Waals surface area (Å²) in [5, 5.41) is 0. The number of nitrogens with two attached hydrogens (primary N) is 1. The Balaban J connectivity index is 2.05. The lowest BCUT2D eigenvalue weighted by Crippen LogP contribution is -2.51. The minimum Gasteiger partial charge on any atom is -0.340 e. The quantitative estimate of drug-likeness (QED) is 0.743. The highest BCUT2D eigenvalue weighted by Gasteiger charge is 2.43. The van der Waals surface area contributed by atoms with E-state index in [1.807, 2.05) is 0 Å². The minimum absolute atomic E-state index is 0.0763. The molecule has 1 heterocycles. The van der Waals surface area contributed by atoms with Crippen LogP contribution in [0.3, 0.4) is 0 Å². The molecule has 0 spiro atoms. The lowest BCUT2D eigenvalue weighted by atomic mass is 9.84. The number of sulfone groups is 1. The van der Waals surface area contributed by atoms with Crippen LogP contribution in [0.25, 0.3) is 0 Å². The Morgan fingerprint density at radius 1 is 1.18 bits per heavy atom. The Morgan fingerprint density at radius 2 is 1.71 bits per heavy atom. The largest absolute Gasteiger partial charge is 0.340 e. The Hall–Kier alpha value is -0.620. The van der Waals surface area contributed by atoms with Gasteiger partial charge in [0, 0.05) is 19.6 Å². The van der Waals surface area contributed by atoms with Crippen molar-refractivity contribution in [2.45, 2.75) is 25.7 Å². The van der Waals surface area contributed by atoms with Crippen LogP contribution in [0.1, 0.15) is 25.7 Å². The number of amides is 1. The monoisotopic (exact) mass is 260 g/mol. The number of nitrogens with zero attached hydrogens (tertiary/aromatic N) is 1. The first-order valence-corrected chi connectivity index (χ1v) is 8.01. The summed E-state index contributed by atoms with van der Waals surface area (Å²) < 4.78 is 22.7. The van der Waals surface area contributed by atoms with Crippen molar-refractivity contribution in [2.24, 2.45) is 11.1 Å². The standard InChI is InChI=1S/C11H20N2O3S/c12-9-11(3-1-2-4-11)10(14)13-5-7-17(15,16)8-6-13/h1-9,12H2. The first-order valence-electron chi connectivity index (χ1n) is 6.19. The van der Waals surface area contributed by atoms with Gasteiger partial charge in [-0.25, -0.2) is 8.42 Å². The summed E-state index contributed by atoms with van der Waals surface area (Å²) in [4.78, 5) is 14.1. The van der Waals surface area contributed by atoms with Gasteiger partial charge in [0.05, 0.1) is 16.9 Å². The molecule has 1 amide bonds. The molecule has 2 rings (SSSR count). The van der Waals surface area contributed by atoms with E-state index in [0.717, 1.165) is 25.7 Å². The molecule has 0 unspecified atom stereocenters. The number of rotatable bonds is 2. The fourth-order valence-electron chi connectivity index (χ4n) is 2.81. The summed E-state index contributed by atoms with van der Waals surface area (Å²) in [6.45, 7) is 1.06. The van der Waals surface area contributed by atoms with Crippen molar-refractivity contribution in [2.75, 3.05) is 31.1 Å². The summed E-state index contributed by atoms with van der Waals surface area (Å²) in [7, 11) is -2.92. The number of hydrogen-bond acceptors (Lipinski definition) is 4. The highest BCUT2D eigenvalue weighted by atomic mass is 32.2. The molecule has 0 atom stereocenters. The zero-order chi connectivity index (χ0) is 12.5. The lowest BCUT2D eigenvalue weighted by molar-refractivity contribution is -0.141. The van der Waals surface area contributed by atoms with E-state index >= 15 is 0 Å². The molecule has 5 nitrogen and oxygen atoms in total. The van der Waals surface area contributed by atoms with Crippen LogP contribution in [0.2, 0.25) is 0 Å². The van der Waals surface area contributed by atoms with E-state index in [0.29, 0.717) is 19.6 Å². The Kier molecular flexibility index (Phi) is 3.45. The van der Waals surface area contributed by atoms with Gasteiger partial charge in [-0.05, 0) is 12.8 Å². The highest BCUT2D eigenvalue weighted by molar-refractivity contribution is 7.91. The molecule has 0 radical (unpaired) electrons. The van der Waals surface area contributed by atoms with Gasteiger partial charge in [-0.1, -0.05) is 12.8 Å². The van der Waals surface area contributed by atoms with Crippen LogP contribution < -0.4 is 5.73 Å². The van der Waals surface area contributed by atoms with Crippen LogP contribution >= 0.6 is 0 Å². The van der Waals surface area contributed by atoms with Gasteiger partial charge in [0.1, 0.15) is 0 Å². The average Bonchev–Trinajstić information content (AvgIpc) is 2.78. The van der Waals surface area contributed by atoms with Gasteiger partial charge in [0.2, 0.25) is 5.91 Å². The van der Waals surface area contributed by atoms with Crippen LogP contribution in [-0.4, -0.2) is 50.4 Å². The van der Waals surface area contributed by atoms with Gasteiger partial charge in [0.15, 0.2) is 9.84 Å². The maximum absolute atomic E-state index is 12.4. The van der Waals surface area contributed by atoms with E-state index in [2.05, 4.69) is 0 Å². The molecule has 6 heteroatoms. The van der Waals surface area contributed by atoms with Gasteiger partial charge in [-0.15, -0.1) is 0 Å². The summed E-state index contributed by atoms with van der Waals surface area (Å²) in [5.41, 5.74) is 5.36. The minimum atomic E-state index is -2.92. The van der Waals surface area contributed by atoms with E-state index < -0.39 is 15.3 Å². The van der Waals surface area contributed by atoms with Gasteiger partial charge in [-0.2, -0.15) is 0 Å². The van der Waals surface area contributed by atoms with Crippen molar-refractivity contribution < 1.29 is 13.2 Å². The predicted octanol–water partition coefficient (Wildman–Crippen LogP) is -0.237. The van der Waals surface area contributed by atoms with E-state index in [1.54, 1.807) is 4.90 Å². The molecule has 2 N–H and O–H groups in total. The summed E-state index contributed by atoms with van der Waals surface area (Å²) in [6.07, 6.45) is 3.81. The molecule has 98 valence electrons. The van der Waals surface area contributed by atoms with E-state index in [-0.39, 0.29) is 17.4 Å². The first kappa shape index (κ1) is 12.8. The smallest absolute Gasteiger partial charge is 0.230 e. The maximum atomic E-state index is 12.4. The fourth-order valence-corrected chi connectivity index (χ4v) is 4.01. The molecule has 2 fully saturated rings. The molecule has 0 aromatic heterocycles. The third kappa shape index (κ3) is 2.47. The summed E-state index contributed by atoms with van der Waals surface area (Å²) in [5.74, 6) is 0.270. The molecule has 1 aliphatic carbocycles. The SMILES string of the molecule is NCC1(C(=O)N2CCS(=O)(=O)CC2)CCCC1.